The van der Waals surface area contributed by atoms with Crippen LogP contribution in [0.3, 0.4) is 0 Å². The van der Waals surface area contributed by atoms with Gasteiger partial charge in [-0.2, -0.15) is 0 Å². The lowest BCUT2D eigenvalue weighted by atomic mass is 9.93. The zero-order valence-electron chi connectivity index (χ0n) is 23.5. The van der Waals surface area contributed by atoms with E-state index < -0.39 is 0 Å². The summed E-state index contributed by atoms with van der Waals surface area (Å²) in [4.78, 5) is 12.5. The molecule has 0 aliphatic rings. The second kappa shape index (κ2) is 14.8. The summed E-state index contributed by atoms with van der Waals surface area (Å²) in [6.45, 7) is 0.487. The Morgan fingerprint density at radius 2 is 1.67 bits per heavy atom. The van der Waals surface area contributed by atoms with Gasteiger partial charge in [0.1, 0.15) is 17.4 Å². The van der Waals surface area contributed by atoms with Crippen LogP contribution in [0.4, 0.5) is 4.39 Å². The molecule has 2 N–H and O–H groups in total. The first kappa shape index (κ1) is 30.3. The van der Waals surface area contributed by atoms with E-state index in [-0.39, 0.29) is 29.0 Å². The number of nitrogens with one attached hydrogen (secondary N) is 1. The lowest BCUT2D eigenvalue weighted by molar-refractivity contribution is 0.0950. The van der Waals surface area contributed by atoms with E-state index in [2.05, 4.69) is 27.1 Å². The van der Waals surface area contributed by atoms with E-state index in [0.717, 1.165) is 42.8 Å². The van der Waals surface area contributed by atoms with Crippen molar-refractivity contribution in [3.63, 3.8) is 0 Å². The van der Waals surface area contributed by atoms with E-state index in [9.17, 15) is 14.3 Å². The molecule has 1 amide bonds. The summed E-state index contributed by atoms with van der Waals surface area (Å²) < 4.78 is 15.9. The van der Waals surface area contributed by atoms with Crippen LogP contribution < -0.4 is 5.32 Å². The number of amides is 1. The maximum atomic E-state index is 13.8. The molecule has 0 aliphatic carbocycles. The lowest BCUT2D eigenvalue weighted by Gasteiger charge is -2.19. The molecule has 1 atom stereocenters. The van der Waals surface area contributed by atoms with Gasteiger partial charge < -0.3 is 10.4 Å². The third-order valence-corrected chi connectivity index (χ3v) is 8.32. The third-order valence-electron chi connectivity index (χ3n) is 7.09. The monoisotopic (exact) mass is 614 g/mol. The third kappa shape index (κ3) is 8.24. The fourth-order valence-corrected chi connectivity index (χ4v) is 6.06. The van der Waals surface area contributed by atoms with Crippen LogP contribution in [0, 0.1) is 5.82 Å². The number of carbonyl (C=O) groups is 1. The van der Waals surface area contributed by atoms with Crippen molar-refractivity contribution in [3.8, 4) is 11.4 Å². The molecular formula is C34H32ClFN4O2S. The van der Waals surface area contributed by atoms with Gasteiger partial charge in [-0.3, -0.25) is 9.36 Å². The maximum absolute atomic E-state index is 13.8. The Morgan fingerprint density at radius 3 is 2.47 bits per heavy atom. The van der Waals surface area contributed by atoms with E-state index in [0.29, 0.717) is 22.5 Å². The molecule has 43 heavy (non-hydrogen) atoms. The molecule has 4 aromatic carbocycles. The van der Waals surface area contributed by atoms with Gasteiger partial charge >= 0.3 is 0 Å². The molecule has 0 fully saturated rings. The summed E-state index contributed by atoms with van der Waals surface area (Å²) >= 11 is 7.91. The number of unbranched alkanes of at least 4 members (excludes halogenated alkanes) is 1. The Kier molecular flexibility index (Phi) is 10.5. The summed E-state index contributed by atoms with van der Waals surface area (Å²) in [5, 5.41) is 23.5. The maximum Gasteiger partial charge on any atom is 0.255 e. The van der Waals surface area contributed by atoms with Gasteiger partial charge in [0.2, 0.25) is 0 Å². The van der Waals surface area contributed by atoms with Gasteiger partial charge in [-0.15, -0.1) is 10.2 Å². The highest BCUT2D eigenvalue weighted by Gasteiger charge is 2.23. The van der Waals surface area contributed by atoms with Crippen molar-refractivity contribution in [2.75, 3.05) is 6.54 Å². The number of phenolic OH excluding ortho intramolecular Hbond substituents is 1. The van der Waals surface area contributed by atoms with Gasteiger partial charge in [0.05, 0.1) is 11.3 Å². The highest BCUT2D eigenvalue weighted by atomic mass is 35.5. The fraction of sp³-hybridized carbons (Fsp3) is 0.206. The van der Waals surface area contributed by atoms with Crippen molar-refractivity contribution < 1.29 is 14.3 Å². The molecule has 9 heteroatoms. The largest absolute Gasteiger partial charge is 0.507 e. The van der Waals surface area contributed by atoms with Crippen molar-refractivity contribution in [3.05, 3.63) is 136 Å². The van der Waals surface area contributed by atoms with Gasteiger partial charge in [0.15, 0.2) is 5.16 Å². The number of halogens is 2. The Balaban J connectivity index is 1.36. The first-order valence-corrected chi connectivity index (χ1v) is 15.5. The number of nitrogens with zero attached hydrogens (tertiary/aromatic N) is 3. The summed E-state index contributed by atoms with van der Waals surface area (Å²) in [5.74, 6) is 0.803. The second-order valence-corrected chi connectivity index (χ2v) is 11.6. The fourth-order valence-electron chi connectivity index (χ4n) is 4.97. The molecule has 1 aromatic heterocycles. The smallest absolute Gasteiger partial charge is 0.255 e. The SMILES string of the molecule is O=C(NCCCCC(Cc1ccccc1)c1nnc(SCc2cccc(F)c2)n1-c1cccc(Cl)c1)c1ccccc1O. The van der Waals surface area contributed by atoms with Crippen molar-refractivity contribution in [2.24, 2.45) is 0 Å². The molecule has 0 saturated heterocycles. The van der Waals surface area contributed by atoms with Gasteiger partial charge in [0.25, 0.3) is 5.91 Å². The zero-order valence-corrected chi connectivity index (χ0v) is 25.1. The highest BCUT2D eigenvalue weighted by Crippen LogP contribution is 2.33. The summed E-state index contributed by atoms with van der Waals surface area (Å²) in [5.41, 5.74) is 3.18. The van der Waals surface area contributed by atoms with Crippen molar-refractivity contribution in [1.82, 2.24) is 20.1 Å². The molecule has 6 nitrogen and oxygen atoms in total. The summed E-state index contributed by atoms with van der Waals surface area (Å²) in [7, 11) is 0. The standard InChI is InChI=1S/C34H32ClFN4O2S/c35-27-14-9-16-29(22-27)40-32(38-39-34(40)43-23-25-12-8-15-28(36)21-25)26(20-24-10-2-1-3-11-24)13-6-7-19-37-33(42)30-17-4-5-18-31(30)41/h1-5,8-12,14-18,21-22,26,41H,6-7,13,19-20,23H2,(H,37,42). The van der Waals surface area contributed by atoms with Crippen LogP contribution in [0.15, 0.2) is 108 Å². The van der Waals surface area contributed by atoms with Crippen LogP contribution in [-0.4, -0.2) is 32.3 Å². The molecule has 1 unspecified atom stereocenters. The van der Waals surface area contributed by atoms with Gasteiger partial charge in [-0.25, -0.2) is 4.39 Å². The molecule has 0 bridgehead atoms. The number of hydrogen-bond donors (Lipinski definition) is 2. The minimum Gasteiger partial charge on any atom is -0.507 e. The van der Waals surface area contributed by atoms with Gasteiger partial charge in [0, 0.05) is 23.2 Å². The number of phenols is 1. The molecule has 0 spiro atoms. The minimum atomic E-state index is -0.292. The average Bonchev–Trinajstić information content (AvgIpc) is 3.44. The number of aromatic hydroxyl groups is 1. The number of rotatable bonds is 13. The van der Waals surface area contributed by atoms with Crippen LogP contribution in [0.5, 0.6) is 5.75 Å². The number of para-hydroxylation sites is 1. The minimum absolute atomic E-state index is 0.0330. The lowest BCUT2D eigenvalue weighted by Crippen LogP contribution is -2.24. The average molecular weight is 615 g/mol. The number of hydrogen-bond acceptors (Lipinski definition) is 5. The molecule has 0 saturated carbocycles. The first-order valence-electron chi connectivity index (χ1n) is 14.2. The predicted molar refractivity (Wildman–Crippen MR) is 170 cm³/mol. The van der Waals surface area contributed by atoms with Crippen LogP contribution in [0.25, 0.3) is 5.69 Å². The van der Waals surface area contributed by atoms with Crippen LogP contribution in [0.2, 0.25) is 5.02 Å². The molecule has 1 heterocycles. The Labute approximate surface area is 260 Å². The van der Waals surface area contributed by atoms with Crippen LogP contribution in [-0.2, 0) is 12.2 Å². The van der Waals surface area contributed by atoms with Crippen LogP contribution in [0.1, 0.15) is 52.5 Å². The molecule has 5 aromatic rings. The van der Waals surface area contributed by atoms with E-state index in [1.807, 2.05) is 48.5 Å². The summed E-state index contributed by atoms with van der Waals surface area (Å²) in [6.07, 6.45) is 3.18. The van der Waals surface area contributed by atoms with E-state index >= 15 is 0 Å². The van der Waals surface area contributed by atoms with Crippen molar-refractivity contribution in [1.29, 1.82) is 0 Å². The predicted octanol–water partition coefficient (Wildman–Crippen LogP) is 7.98. The van der Waals surface area contributed by atoms with E-state index in [1.165, 1.54) is 35.5 Å². The number of thioether (sulfide) groups is 1. The van der Waals surface area contributed by atoms with E-state index in [1.54, 1.807) is 24.3 Å². The zero-order chi connectivity index (χ0) is 30.0. The Morgan fingerprint density at radius 1 is 0.907 bits per heavy atom. The first-order chi connectivity index (χ1) is 21.0. The topological polar surface area (TPSA) is 80.0 Å². The van der Waals surface area contributed by atoms with E-state index in [4.69, 9.17) is 16.7 Å². The quantitative estimate of drug-likeness (QED) is 0.104. The van der Waals surface area contributed by atoms with Gasteiger partial charge in [-0.05, 0) is 72.9 Å². The Bertz CT molecular complexity index is 1660. The number of benzene rings is 4. The molecule has 220 valence electrons. The van der Waals surface area contributed by atoms with Crippen molar-refractivity contribution in [2.45, 2.75) is 42.5 Å². The van der Waals surface area contributed by atoms with Gasteiger partial charge in [-0.1, -0.05) is 90.4 Å². The van der Waals surface area contributed by atoms with Crippen molar-refractivity contribution >= 4 is 29.3 Å². The normalized spacial score (nSPS) is 11.8. The molecular weight excluding hydrogens is 583 g/mol. The molecule has 5 rings (SSSR count). The second-order valence-electron chi connectivity index (χ2n) is 10.2. The molecule has 0 aliphatic heterocycles. The number of aromatic nitrogens is 3. The summed E-state index contributed by atoms with van der Waals surface area (Å²) in [6, 6.07) is 31.0. The molecule has 0 radical (unpaired) electrons. The van der Waals surface area contributed by atoms with Crippen LogP contribution >= 0.6 is 23.4 Å². The highest BCUT2D eigenvalue weighted by molar-refractivity contribution is 7.98. The Hall–Kier alpha value is -4.14. The number of carbonyl (C=O) groups excluding carboxylic acids is 1.